The van der Waals surface area contributed by atoms with E-state index in [1.54, 1.807) is 11.3 Å². The number of likely N-dealkylation sites (tertiary alicyclic amines) is 1. The molecule has 1 fully saturated rings. The van der Waals surface area contributed by atoms with E-state index in [2.05, 4.69) is 9.88 Å². The average Bonchev–Trinajstić information content (AvgIpc) is 3.28. The maximum Gasteiger partial charge on any atom is 0.354 e. The highest BCUT2D eigenvalue weighted by molar-refractivity contribution is 7.10. The molecule has 23 heavy (non-hydrogen) atoms. The van der Waals surface area contributed by atoms with Gasteiger partial charge in [0.15, 0.2) is 0 Å². The minimum Gasteiger partial charge on any atom is -0.464 e. The van der Waals surface area contributed by atoms with Crippen LogP contribution < -0.4 is 0 Å². The molecule has 5 nitrogen and oxygen atoms in total. The number of aromatic nitrogens is 1. The minimum atomic E-state index is -0.391. The van der Waals surface area contributed by atoms with Gasteiger partial charge in [0.2, 0.25) is 0 Å². The van der Waals surface area contributed by atoms with Crippen molar-refractivity contribution in [3.05, 3.63) is 45.9 Å². The fourth-order valence-electron chi connectivity index (χ4n) is 3.22. The summed E-state index contributed by atoms with van der Waals surface area (Å²) in [4.78, 5) is 17.9. The van der Waals surface area contributed by atoms with Crippen LogP contribution in [-0.2, 0) is 11.3 Å². The van der Waals surface area contributed by atoms with Crippen LogP contribution in [0.2, 0.25) is 0 Å². The molecular formula is C17H22N2O3S. The molecule has 0 aliphatic carbocycles. The van der Waals surface area contributed by atoms with Gasteiger partial charge in [-0.2, -0.15) is 0 Å². The highest BCUT2D eigenvalue weighted by Crippen LogP contribution is 2.30. The zero-order valence-electron chi connectivity index (χ0n) is 13.2. The van der Waals surface area contributed by atoms with Crippen molar-refractivity contribution in [3.8, 4) is 0 Å². The number of rotatable bonds is 6. The van der Waals surface area contributed by atoms with E-state index in [9.17, 15) is 9.90 Å². The smallest absolute Gasteiger partial charge is 0.354 e. The predicted molar refractivity (Wildman–Crippen MR) is 89.5 cm³/mol. The number of hydrogen-bond donors (Lipinski definition) is 2. The van der Waals surface area contributed by atoms with Crippen LogP contribution in [0.4, 0.5) is 0 Å². The van der Waals surface area contributed by atoms with Gasteiger partial charge in [-0.25, -0.2) is 4.79 Å². The van der Waals surface area contributed by atoms with E-state index in [1.165, 1.54) is 7.11 Å². The standard InChI is InChI=1S/C17H22N2O3S/c1-22-17(21)14-8-12(10-18-14)11-19-6-2-4-13(19)9-15(20)16-5-3-7-23-16/h3,5,7-8,10,13,15,18,20H,2,4,6,9,11H2,1H3. The summed E-state index contributed by atoms with van der Waals surface area (Å²) < 4.78 is 4.72. The number of aromatic amines is 1. The fraction of sp³-hybridized carbons (Fsp3) is 0.471. The molecule has 0 radical (unpaired) electrons. The van der Waals surface area contributed by atoms with Gasteiger partial charge < -0.3 is 14.8 Å². The zero-order valence-corrected chi connectivity index (χ0v) is 14.0. The molecule has 124 valence electrons. The van der Waals surface area contributed by atoms with E-state index in [0.29, 0.717) is 11.7 Å². The van der Waals surface area contributed by atoms with Crippen molar-refractivity contribution in [3.63, 3.8) is 0 Å². The van der Waals surface area contributed by atoms with Crippen LogP contribution in [0.1, 0.15) is 46.3 Å². The van der Waals surface area contributed by atoms with Gasteiger partial charge >= 0.3 is 5.97 Å². The first-order chi connectivity index (χ1) is 11.2. The third kappa shape index (κ3) is 3.83. The highest BCUT2D eigenvalue weighted by Gasteiger charge is 2.27. The number of nitrogens with one attached hydrogen (secondary N) is 1. The molecule has 0 bridgehead atoms. The first kappa shape index (κ1) is 16.2. The molecule has 1 aliphatic rings. The lowest BCUT2D eigenvalue weighted by Gasteiger charge is -2.25. The lowest BCUT2D eigenvalue weighted by molar-refractivity contribution is 0.0595. The topological polar surface area (TPSA) is 65.6 Å². The minimum absolute atomic E-state index is 0.345. The summed E-state index contributed by atoms with van der Waals surface area (Å²) in [6.07, 6.45) is 4.48. The number of thiophene rings is 1. The maximum atomic E-state index is 11.5. The van der Waals surface area contributed by atoms with Gasteiger partial charge in [-0.3, -0.25) is 4.90 Å². The summed E-state index contributed by atoms with van der Waals surface area (Å²) >= 11 is 1.60. The van der Waals surface area contributed by atoms with Crippen molar-refractivity contribution in [1.82, 2.24) is 9.88 Å². The van der Waals surface area contributed by atoms with Crippen molar-refractivity contribution in [1.29, 1.82) is 0 Å². The van der Waals surface area contributed by atoms with Crippen LogP contribution in [0.3, 0.4) is 0 Å². The van der Waals surface area contributed by atoms with Crippen molar-refractivity contribution in [2.45, 2.75) is 38.0 Å². The number of carbonyl (C=O) groups excluding carboxylic acids is 1. The fourth-order valence-corrected chi connectivity index (χ4v) is 3.94. The second-order valence-corrected chi connectivity index (χ2v) is 6.93. The number of H-pyrrole nitrogens is 1. The third-order valence-corrected chi connectivity index (χ3v) is 5.37. The van der Waals surface area contributed by atoms with Gasteiger partial charge in [0, 0.05) is 23.7 Å². The summed E-state index contributed by atoms with van der Waals surface area (Å²) in [6.45, 7) is 1.82. The molecule has 0 aromatic carbocycles. The summed E-state index contributed by atoms with van der Waals surface area (Å²) in [5, 5.41) is 12.4. The van der Waals surface area contributed by atoms with Crippen LogP contribution in [0.25, 0.3) is 0 Å². The normalized spacial score (nSPS) is 19.8. The largest absolute Gasteiger partial charge is 0.464 e. The van der Waals surface area contributed by atoms with E-state index in [4.69, 9.17) is 4.74 Å². The molecule has 6 heteroatoms. The van der Waals surface area contributed by atoms with E-state index in [0.717, 1.165) is 42.8 Å². The Morgan fingerprint density at radius 3 is 3.22 bits per heavy atom. The average molecular weight is 334 g/mol. The Labute approximate surface area is 139 Å². The first-order valence-electron chi connectivity index (χ1n) is 7.88. The Bertz CT molecular complexity index is 638. The molecule has 0 saturated carbocycles. The number of aliphatic hydroxyl groups excluding tert-OH is 1. The lowest BCUT2D eigenvalue weighted by atomic mass is 10.1. The highest BCUT2D eigenvalue weighted by atomic mass is 32.1. The summed E-state index contributed by atoms with van der Waals surface area (Å²) in [5.74, 6) is -0.345. The van der Waals surface area contributed by atoms with Crippen LogP contribution in [0.15, 0.2) is 29.8 Å². The maximum absolute atomic E-state index is 11.5. The molecule has 0 spiro atoms. The molecular weight excluding hydrogens is 312 g/mol. The van der Waals surface area contributed by atoms with E-state index < -0.39 is 6.10 Å². The Hall–Kier alpha value is -1.63. The number of hydrogen-bond acceptors (Lipinski definition) is 5. The molecule has 1 aliphatic heterocycles. The van der Waals surface area contributed by atoms with Crippen molar-refractivity contribution >= 4 is 17.3 Å². The molecule has 0 amide bonds. The van der Waals surface area contributed by atoms with Crippen molar-refractivity contribution < 1.29 is 14.6 Å². The number of carbonyl (C=O) groups is 1. The molecule has 2 atom stereocenters. The molecule has 2 aromatic rings. The van der Waals surface area contributed by atoms with Crippen LogP contribution in [0, 0.1) is 0 Å². The number of aliphatic hydroxyl groups is 1. The monoisotopic (exact) mass is 334 g/mol. The SMILES string of the molecule is COC(=O)c1cc(CN2CCCC2CC(O)c2cccs2)c[nH]1. The molecule has 2 aromatic heterocycles. The Morgan fingerprint density at radius 1 is 1.61 bits per heavy atom. The Morgan fingerprint density at radius 2 is 2.48 bits per heavy atom. The van der Waals surface area contributed by atoms with E-state index in [-0.39, 0.29) is 5.97 Å². The number of methoxy groups -OCH3 is 1. The zero-order chi connectivity index (χ0) is 16.2. The molecule has 3 heterocycles. The van der Waals surface area contributed by atoms with Gasteiger partial charge in [-0.1, -0.05) is 6.07 Å². The molecule has 2 N–H and O–H groups in total. The Balaban J connectivity index is 1.60. The number of nitrogens with zero attached hydrogens (tertiary/aromatic N) is 1. The predicted octanol–water partition coefficient (Wildman–Crippen LogP) is 2.95. The van der Waals surface area contributed by atoms with E-state index >= 15 is 0 Å². The van der Waals surface area contributed by atoms with Crippen molar-refractivity contribution in [2.24, 2.45) is 0 Å². The third-order valence-electron chi connectivity index (χ3n) is 4.40. The summed E-state index contributed by atoms with van der Waals surface area (Å²) in [6, 6.07) is 6.19. The summed E-state index contributed by atoms with van der Waals surface area (Å²) in [7, 11) is 1.38. The summed E-state index contributed by atoms with van der Waals surface area (Å²) in [5.41, 5.74) is 1.56. The van der Waals surface area contributed by atoms with Crippen LogP contribution in [-0.4, -0.2) is 40.7 Å². The molecule has 2 unspecified atom stereocenters. The van der Waals surface area contributed by atoms with Gasteiger partial charge in [0.25, 0.3) is 0 Å². The van der Waals surface area contributed by atoms with Gasteiger partial charge in [-0.15, -0.1) is 11.3 Å². The van der Waals surface area contributed by atoms with Crippen LogP contribution in [0.5, 0.6) is 0 Å². The second-order valence-electron chi connectivity index (χ2n) is 5.95. The molecule has 3 rings (SSSR count). The van der Waals surface area contributed by atoms with Gasteiger partial charge in [0.05, 0.1) is 13.2 Å². The number of ether oxygens (including phenoxy) is 1. The van der Waals surface area contributed by atoms with Gasteiger partial charge in [-0.05, 0) is 48.9 Å². The number of esters is 1. The second kappa shape index (κ2) is 7.29. The quantitative estimate of drug-likeness (QED) is 0.797. The lowest BCUT2D eigenvalue weighted by Crippen LogP contribution is -2.30. The Kier molecular flexibility index (Phi) is 5.15. The first-order valence-corrected chi connectivity index (χ1v) is 8.76. The molecule has 1 saturated heterocycles. The van der Waals surface area contributed by atoms with Gasteiger partial charge in [0.1, 0.15) is 5.69 Å². The van der Waals surface area contributed by atoms with Crippen molar-refractivity contribution in [2.75, 3.05) is 13.7 Å². The van der Waals surface area contributed by atoms with E-state index in [1.807, 2.05) is 29.8 Å². The van der Waals surface area contributed by atoms with Crippen LogP contribution >= 0.6 is 11.3 Å².